The number of carbonyl (C=O) groups is 1. The molecule has 0 aromatic heterocycles. The molecule has 1 N–H and O–H groups in total. The first-order chi connectivity index (χ1) is 6.18. The lowest BCUT2D eigenvalue weighted by Crippen LogP contribution is -2.41. The maximum absolute atomic E-state index is 11.0. The highest BCUT2D eigenvalue weighted by molar-refractivity contribution is 5.72. The van der Waals surface area contributed by atoms with Crippen molar-refractivity contribution in [3.05, 3.63) is 24.8 Å². The summed E-state index contributed by atoms with van der Waals surface area (Å²) in [4.78, 5) is 11.0. The summed E-state index contributed by atoms with van der Waals surface area (Å²) in [6.07, 6.45) is 8.89. The SMILES string of the molecule is C=CC12C=CC(CC1)CC2C(=O)O. The van der Waals surface area contributed by atoms with Gasteiger partial charge in [0.15, 0.2) is 0 Å². The standard InChI is InChI=1S/C11H14O2/c1-2-11-5-3-8(4-6-11)7-9(11)10(12)13/h2-3,5,8-9H,1,4,6-7H2,(H,12,13). The van der Waals surface area contributed by atoms with Crippen LogP contribution in [0.2, 0.25) is 0 Å². The highest BCUT2D eigenvalue weighted by Gasteiger charge is 2.46. The lowest BCUT2D eigenvalue weighted by atomic mass is 9.59. The van der Waals surface area contributed by atoms with Crippen LogP contribution in [0.4, 0.5) is 0 Å². The summed E-state index contributed by atoms with van der Waals surface area (Å²) in [6, 6.07) is 0. The van der Waals surface area contributed by atoms with Crippen LogP contribution in [0.5, 0.6) is 0 Å². The first-order valence-corrected chi connectivity index (χ1v) is 4.74. The normalized spacial score (nSPS) is 41.8. The van der Waals surface area contributed by atoms with Crippen molar-refractivity contribution in [2.75, 3.05) is 0 Å². The number of hydrogen-bond donors (Lipinski definition) is 1. The van der Waals surface area contributed by atoms with E-state index in [2.05, 4.69) is 18.7 Å². The minimum Gasteiger partial charge on any atom is -0.481 e. The van der Waals surface area contributed by atoms with E-state index in [4.69, 9.17) is 5.11 Å². The van der Waals surface area contributed by atoms with Crippen molar-refractivity contribution in [1.82, 2.24) is 0 Å². The van der Waals surface area contributed by atoms with Gasteiger partial charge in [-0.25, -0.2) is 0 Å². The van der Waals surface area contributed by atoms with Gasteiger partial charge in [0.25, 0.3) is 0 Å². The predicted octanol–water partition coefficient (Wildman–Crippen LogP) is 2.23. The third-order valence-electron chi connectivity index (χ3n) is 3.49. The smallest absolute Gasteiger partial charge is 0.307 e. The molecule has 2 bridgehead atoms. The summed E-state index contributed by atoms with van der Waals surface area (Å²) in [6.45, 7) is 3.77. The summed E-state index contributed by atoms with van der Waals surface area (Å²) in [5, 5.41) is 9.07. The molecule has 0 aromatic carbocycles. The number of allylic oxidation sites excluding steroid dienone is 3. The van der Waals surface area contributed by atoms with Crippen molar-refractivity contribution >= 4 is 5.97 Å². The fourth-order valence-corrected chi connectivity index (χ4v) is 2.58. The van der Waals surface area contributed by atoms with Crippen LogP contribution in [-0.4, -0.2) is 11.1 Å². The van der Waals surface area contributed by atoms with E-state index < -0.39 is 5.97 Å². The van der Waals surface area contributed by atoms with Crippen LogP contribution >= 0.6 is 0 Å². The maximum atomic E-state index is 11.0. The molecule has 3 atom stereocenters. The molecule has 0 radical (unpaired) electrons. The lowest BCUT2D eigenvalue weighted by molar-refractivity contribution is -0.146. The number of hydrogen-bond acceptors (Lipinski definition) is 1. The molecular formula is C11H14O2. The molecule has 3 aliphatic rings. The van der Waals surface area contributed by atoms with E-state index in [0.29, 0.717) is 5.92 Å². The van der Waals surface area contributed by atoms with Crippen molar-refractivity contribution in [1.29, 1.82) is 0 Å². The zero-order chi connectivity index (χ0) is 9.47. The Morgan fingerprint density at radius 2 is 2.46 bits per heavy atom. The van der Waals surface area contributed by atoms with Crippen LogP contribution in [-0.2, 0) is 4.79 Å². The molecule has 0 aromatic rings. The number of rotatable bonds is 2. The van der Waals surface area contributed by atoms with Crippen molar-refractivity contribution < 1.29 is 9.90 Å². The van der Waals surface area contributed by atoms with E-state index in [0.717, 1.165) is 19.3 Å². The average Bonchev–Trinajstić information content (AvgIpc) is 2.19. The Labute approximate surface area is 78.0 Å². The number of fused-ring (bicyclic) bond motifs is 2. The second-order valence-electron chi connectivity index (χ2n) is 4.10. The first-order valence-electron chi connectivity index (χ1n) is 4.74. The topological polar surface area (TPSA) is 37.3 Å². The molecular weight excluding hydrogens is 164 g/mol. The van der Waals surface area contributed by atoms with E-state index in [1.54, 1.807) is 0 Å². The summed E-state index contributed by atoms with van der Waals surface area (Å²) in [5.74, 6) is -0.425. The van der Waals surface area contributed by atoms with Crippen molar-refractivity contribution in [3.8, 4) is 0 Å². The Morgan fingerprint density at radius 3 is 2.85 bits per heavy atom. The van der Waals surface area contributed by atoms with E-state index in [-0.39, 0.29) is 11.3 Å². The molecule has 3 rings (SSSR count). The highest BCUT2D eigenvalue weighted by Crippen LogP contribution is 2.50. The fourth-order valence-electron chi connectivity index (χ4n) is 2.58. The largest absolute Gasteiger partial charge is 0.481 e. The quantitative estimate of drug-likeness (QED) is 0.658. The van der Waals surface area contributed by atoms with Gasteiger partial charge in [-0.3, -0.25) is 4.79 Å². The molecule has 2 nitrogen and oxygen atoms in total. The van der Waals surface area contributed by atoms with Gasteiger partial charge in [-0.2, -0.15) is 0 Å². The Kier molecular flexibility index (Phi) is 1.79. The van der Waals surface area contributed by atoms with Gasteiger partial charge in [0.05, 0.1) is 5.92 Å². The van der Waals surface area contributed by atoms with E-state index in [1.165, 1.54) is 0 Å². The Balaban J connectivity index is 2.37. The minimum absolute atomic E-state index is 0.242. The minimum atomic E-state index is -0.672. The van der Waals surface area contributed by atoms with Crippen molar-refractivity contribution in [2.24, 2.45) is 17.3 Å². The van der Waals surface area contributed by atoms with E-state index >= 15 is 0 Å². The third-order valence-corrected chi connectivity index (χ3v) is 3.49. The fraction of sp³-hybridized carbons (Fsp3) is 0.545. The summed E-state index contributed by atoms with van der Waals surface area (Å²) in [5.41, 5.74) is -0.249. The third kappa shape index (κ3) is 1.12. The molecule has 3 aliphatic carbocycles. The van der Waals surface area contributed by atoms with Gasteiger partial charge < -0.3 is 5.11 Å². The maximum Gasteiger partial charge on any atom is 0.307 e. The van der Waals surface area contributed by atoms with E-state index in [9.17, 15) is 4.79 Å². The molecule has 0 heterocycles. The highest BCUT2D eigenvalue weighted by atomic mass is 16.4. The van der Waals surface area contributed by atoms with E-state index in [1.807, 2.05) is 6.08 Å². The summed E-state index contributed by atoms with van der Waals surface area (Å²) < 4.78 is 0. The average molecular weight is 178 g/mol. The molecule has 2 heteroatoms. The van der Waals surface area contributed by atoms with Crippen LogP contribution < -0.4 is 0 Å². The van der Waals surface area contributed by atoms with Gasteiger partial charge in [0, 0.05) is 5.41 Å². The zero-order valence-electron chi connectivity index (χ0n) is 7.57. The molecule has 0 saturated heterocycles. The zero-order valence-corrected chi connectivity index (χ0v) is 7.57. The van der Waals surface area contributed by atoms with Crippen molar-refractivity contribution in [2.45, 2.75) is 19.3 Å². The molecule has 70 valence electrons. The number of carboxylic acids is 1. The van der Waals surface area contributed by atoms with Gasteiger partial charge in [-0.05, 0) is 25.2 Å². The van der Waals surface area contributed by atoms with Gasteiger partial charge in [0.2, 0.25) is 0 Å². The second kappa shape index (κ2) is 2.72. The van der Waals surface area contributed by atoms with Crippen LogP contribution in [0.1, 0.15) is 19.3 Å². The molecule has 13 heavy (non-hydrogen) atoms. The van der Waals surface area contributed by atoms with Gasteiger partial charge >= 0.3 is 5.97 Å². The Morgan fingerprint density at radius 1 is 1.69 bits per heavy atom. The summed E-state index contributed by atoms with van der Waals surface area (Å²) in [7, 11) is 0. The van der Waals surface area contributed by atoms with Crippen LogP contribution in [0, 0.1) is 17.3 Å². The van der Waals surface area contributed by atoms with Gasteiger partial charge in [-0.1, -0.05) is 18.2 Å². The molecule has 0 spiro atoms. The second-order valence-corrected chi connectivity index (χ2v) is 4.10. The Hall–Kier alpha value is -1.05. The van der Waals surface area contributed by atoms with Gasteiger partial charge in [-0.15, -0.1) is 6.58 Å². The predicted molar refractivity (Wildman–Crippen MR) is 50.2 cm³/mol. The van der Waals surface area contributed by atoms with Crippen molar-refractivity contribution in [3.63, 3.8) is 0 Å². The molecule has 1 fully saturated rings. The summed E-state index contributed by atoms with van der Waals surface area (Å²) >= 11 is 0. The number of carboxylic acid groups (broad SMARTS) is 1. The van der Waals surface area contributed by atoms with Gasteiger partial charge in [0.1, 0.15) is 0 Å². The Bertz CT molecular complexity index is 280. The van der Waals surface area contributed by atoms with Crippen LogP contribution in [0.25, 0.3) is 0 Å². The molecule has 3 unspecified atom stereocenters. The van der Waals surface area contributed by atoms with Crippen LogP contribution in [0.3, 0.4) is 0 Å². The molecule has 0 aliphatic heterocycles. The lowest BCUT2D eigenvalue weighted by Gasteiger charge is -2.44. The van der Waals surface area contributed by atoms with Crippen LogP contribution in [0.15, 0.2) is 24.8 Å². The number of aliphatic carboxylic acids is 1. The monoisotopic (exact) mass is 178 g/mol. The molecule has 1 saturated carbocycles. The molecule has 0 amide bonds. The first kappa shape index (κ1) is 8.54.